The van der Waals surface area contributed by atoms with E-state index in [0.717, 1.165) is 6.42 Å². The zero-order valence-electron chi connectivity index (χ0n) is 14.7. The molecule has 14 heteroatoms. The smallest absolute Gasteiger partial charge is 0.317 e. The number of hydrogen-bond acceptors (Lipinski definition) is 8. The van der Waals surface area contributed by atoms with Crippen LogP contribution in [0.4, 0.5) is 4.79 Å². The second-order valence-electron chi connectivity index (χ2n) is 6.99. The Morgan fingerprint density at radius 1 is 1.22 bits per heavy atom. The molecule has 4 atom stereocenters. The van der Waals surface area contributed by atoms with Crippen molar-refractivity contribution in [3.63, 3.8) is 0 Å². The molecule has 3 aliphatic rings. The standard InChI is InChI=1S/C13H23N5O7S2/c1-15-8-2-4-10(6-8)26(20,21)16-12(14)11-5-3-9-7-17(11)13(19)18(9)25-27(22,23)24/h8-11,15H,2-7H2,1H3,(H2,14,16)(H,22,23,24)/t8?,9-,10?,11+/m1/s1. The van der Waals surface area contributed by atoms with Gasteiger partial charge < -0.3 is 10.2 Å². The number of rotatable bonds is 6. The van der Waals surface area contributed by atoms with Crippen LogP contribution in [0.2, 0.25) is 0 Å². The first-order chi connectivity index (χ1) is 12.5. The minimum Gasteiger partial charge on any atom is -0.317 e. The van der Waals surface area contributed by atoms with Gasteiger partial charge in [0, 0.05) is 12.6 Å². The number of carbonyl (C=O) groups is 1. The second-order valence-corrected chi connectivity index (χ2v) is 9.96. The first kappa shape index (κ1) is 20.3. The van der Waals surface area contributed by atoms with Gasteiger partial charge in [0.15, 0.2) is 0 Å². The number of nitrogens with one attached hydrogen (secondary N) is 3. The van der Waals surface area contributed by atoms with E-state index < -0.39 is 43.8 Å². The van der Waals surface area contributed by atoms with Gasteiger partial charge in [-0.3, -0.25) is 14.7 Å². The molecule has 2 unspecified atom stereocenters. The Bertz CT molecular complexity index is 830. The first-order valence-electron chi connectivity index (χ1n) is 8.56. The summed E-state index contributed by atoms with van der Waals surface area (Å²) in [5.74, 6) is -0.330. The van der Waals surface area contributed by atoms with Crippen LogP contribution in [0, 0.1) is 5.41 Å². The molecule has 2 bridgehead atoms. The van der Waals surface area contributed by atoms with E-state index in [2.05, 4.69) is 14.3 Å². The van der Waals surface area contributed by atoms with E-state index in [9.17, 15) is 21.6 Å². The Labute approximate surface area is 157 Å². The minimum absolute atomic E-state index is 0.0778. The molecule has 0 spiro atoms. The molecule has 2 aliphatic heterocycles. The van der Waals surface area contributed by atoms with E-state index in [1.807, 2.05) is 0 Å². The molecule has 0 aromatic carbocycles. The van der Waals surface area contributed by atoms with Gasteiger partial charge in [-0.1, -0.05) is 0 Å². The Balaban J connectivity index is 1.67. The van der Waals surface area contributed by atoms with Crippen LogP contribution < -0.4 is 10.0 Å². The van der Waals surface area contributed by atoms with Crippen molar-refractivity contribution in [2.45, 2.75) is 55.5 Å². The van der Waals surface area contributed by atoms with Crippen molar-refractivity contribution in [1.29, 1.82) is 5.41 Å². The zero-order chi connectivity index (χ0) is 20.0. The molecule has 2 heterocycles. The maximum atomic E-state index is 12.6. The van der Waals surface area contributed by atoms with Crippen LogP contribution in [0.3, 0.4) is 0 Å². The molecule has 3 rings (SSSR count). The lowest BCUT2D eigenvalue weighted by Gasteiger charge is -2.31. The molecule has 4 N–H and O–H groups in total. The summed E-state index contributed by atoms with van der Waals surface area (Å²) in [5, 5.41) is 11.2. The topological polar surface area (TPSA) is 169 Å². The first-order valence-corrected chi connectivity index (χ1v) is 11.5. The third kappa shape index (κ3) is 4.18. The summed E-state index contributed by atoms with van der Waals surface area (Å²) in [6.07, 6.45) is 2.24. The molecule has 27 heavy (non-hydrogen) atoms. The van der Waals surface area contributed by atoms with Crippen LogP contribution in [0.1, 0.15) is 32.1 Å². The fourth-order valence-corrected chi connectivity index (χ4v) is 5.85. The number of amidine groups is 1. The van der Waals surface area contributed by atoms with Crippen LogP contribution in [0.15, 0.2) is 0 Å². The zero-order valence-corrected chi connectivity index (χ0v) is 16.3. The fraction of sp³-hybridized carbons (Fsp3) is 0.846. The average molecular weight is 425 g/mol. The number of hydroxylamine groups is 2. The van der Waals surface area contributed by atoms with E-state index in [4.69, 9.17) is 9.96 Å². The van der Waals surface area contributed by atoms with E-state index >= 15 is 0 Å². The van der Waals surface area contributed by atoms with Gasteiger partial charge in [0.25, 0.3) is 0 Å². The van der Waals surface area contributed by atoms with Crippen LogP contribution in [0.5, 0.6) is 0 Å². The molecule has 0 aromatic rings. The number of piperidine rings is 1. The maximum Gasteiger partial charge on any atom is 0.418 e. The average Bonchev–Trinajstić information content (AvgIpc) is 3.14. The van der Waals surface area contributed by atoms with Crippen molar-refractivity contribution in [3.05, 3.63) is 0 Å². The van der Waals surface area contributed by atoms with E-state index in [0.29, 0.717) is 24.3 Å². The summed E-state index contributed by atoms with van der Waals surface area (Å²) in [4.78, 5) is 13.5. The molecule has 2 saturated heterocycles. The lowest BCUT2D eigenvalue weighted by atomic mass is 10.0. The van der Waals surface area contributed by atoms with Crippen molar-refractivity contribution >= 4 is 32.3 Å². The summed E-state index contributed by atoms with van der Waals surface area (Å²) >= 11 is 0. The number of urea groups is 1. The predicted molar refractivity (Wildman–Crippen MR) is 93.7 cm³/mol. The largest absolute Gasteiger partial charge is 0.418 e. The molecule has 0 radical (unpaired) electrons. The van der Waals surface area contributed by atoms with Gasteiger partial charge >= 0.3 is 16.4 Å². The highest BCUT2D eigenvalue weighted by molar-refractivity contribution is 7.90. The maximum absolute atomic E-state index is 12.6. The lowest BCUT2D eigenvalue weighted by Crippen LogP contribution is -2.52. The number of nitrogens with zero attached hydrogens (tertiary/aromatic N) is 2. The van der Waals surface area contributed by atoms with Crippen molar-refractivity contribution in [3.8, 4) is 0 Å². The van der Waals surface area contributed by atoms with Gasteiger partial charge in [0.05, 0.1) is 17.3 Å². The van der Waals surface area contributed by atoms with Crippen molar-refractivity contribution in [1.82, 2.24) is 20.0 Å². The molecule has 12 nitrogen and oxygen atoms in total. The number of sulfonamides is 1. The number of hydrogen-bond donors (Lipinski definition) is 4. The van der Waals surface area contributed by atoms with E-state index in [1.165, 1.54) is 4.90 Å². The van der Waals surface area contributed by atoms with Crippen molar-refractivity contribution in [2.75, 3.05) is 13.6 Å². The third-order valence-corrected chi connectivity index (χ3v) is 7.47. The van der Waals surface area contributed by atoms with Crippen molar-refractivity contribution < 1.29 is 30.5 Å². The molecular weight excluding hydrogens is 402 g/mol. The van der Waals surface area contributed by atoms with Crippen LogP contribution in [-0.4, -0.2) is 80.2 Å². The van der Waals surface area contributed by atoms with Gasteiger partial charge in [0.2, 0.25) is 10.0 Å². The van der Waals surface area contributed by atoms with Crippen LogP contribution in [0.25, 0.3) is 0 Å². The molecular formula is C13H23N5O7S2. The summed E-state index contributed by atoms with van der Waals surface area (Å²) in [6.45, 7) is 0.0778. The molecule has 154 valence electrons. The quantitative estimate of drug-likeness (QED) is 0.239. The second kappa shape index (κ2) is 7.16. The molecule has 0 aromatic heterocycles. The number of carbonyl (C=O) groups excluding carboxylic acids is 1. The number of amides is 2. The molecule has 3 fully saturated rings. The molecule has 2 amide bonds. The van der Waals surface area contributed by atoms with Gasteiger partial charge in [-0.25, -0.2) is 13.2 Å². The molecule has 1 aliphatic carbocycles. The van der Waals surface area contributed by atoms with Crippen LogP contribution >= 0.6 is 0 Å². The Hall–Kier alpha value is -1.48. The summed E-state index contributed by atoms with van der Waals surface area (Å²) in [5.41, 5.74) is 0. The summed E-state index contributed by atoms with van der Waals surface area (Å²) in [7, 11) is -6.85. The predicted octanol–water partition coefficient (Wildman–Crippen LogP) is -0.973. The summed E-state index contributed by atoms with van der Waals surface area (Å²) < 4.78 is 62.3. The van der Waals surface area contributed by atoms with Gasteiger partial charge in [-0.15, -0.1) is 4.28 Å². The Kier molecular flexibility index (Phi) is 5.37. The highest BCUT2D eigenvalue weighted by atomic mass is 32.3. The SMILES string of the molecule is CNC1CCC(S(=O)(=O)NC(=N)[C@@H]2CC[C@@H]3CN2C(=O)N3OS(=O)(=O)O)C1. The highest BCUT2D eigenvalue weighted by Gasteiger charge is 2.49. The van der Waals surface area contributed by atoms with Crippen molar-refractivity contribution in [2.24, 2.45) is 0 Å². The monoisotopic (exact) mass is 425 g/mol. The normalized spacial score (nSPS) is 31.4. The molecule has 1 saturated carbocycles. The van der Waals surface area contributed by atoms with Crippen LogP contribution in [-0.2, 0) is 24.7 Å². The third-order valence-electron chi connectivity index (χ3n) is 5.31. The van der Waals surface area contributed by atoms with Gasteiger partial charge in [0.1, 0.15) is 5.84 Å². The minimum atomic E-state index is -4.86. The highest BCUT2D eigenvalue weighted by Crippen LogP contribution is 2.31. The lowest BCUT2D eigenvalue weighted by molar-refractivity contribution is -0.0316. The van der Waals surface area contributed by atoms with Gasteiger partial charge in [-0.05, 0) is 39.2 Å². The van der Waals surface area contributed by atoms with Gasteiger partial charge in [-0.2, -0.15) is 13.5 Å². The Morgan fingerprint density at radius 3 is 2.52 bits per heavy atom. The van der Waals surface area contributed by atoms with E-state index in [-0.39, 0.29) is 24.8 Å². The Morgan fingerprint density at radius 2 is 1.93 bits per heavy atom. The summed E-state index contributed by atoms with van der Waals surface area (Å²) in [6, 6.07) is -2.14. The number of fused-ring (bicyclic) bond motifs is 2. The van der Waals surface area contributed by atoms with E-state index in [1.54, 1.807) is 7.05 Å². The fourth-order valence-electron chi connectivity index (χ4n) is 3.92.